The Morgan fingerprint density at radius 3 is 2.67 bits per heavy atom. The summed E-state index contributed by atoms with van der Waals surface area (Å²) in [6.07, 6.45) is 0. The first-order chi connectivity index (χ1) is 8.51. The Morgan fingerprint density at radius 2 is 2.11 bits per heavy atom. The molecule has 100 valence electrons. The zero-order valence-corrected chi connectivity index (χ0v) is 10.8. The molecule has 1 amide bonds. The molecule has 7 heteroatoms. The lowest BCUT2D eigenvalue weighted by Crippen LogP contribution is -2.28. The summed E-state index contributed by atoms with van der Waals surface area (Å²) in [6.45, 7) is 6.03. The molecule has 0 atom stereocenters. The van der Waals surface area contributed by atoms with Crippen LogP contribution in [-0.2, 0) is 16.1 Å². The van der Waals surface area contributed by atoms with E-state index in [0.29, 0.717) is 12.4 Å². The number of aryl methyl sites for hydroxylation is 1. The molecule has 0 saturated carbocycles. The second-order valence-corrected chi connectivity index (χ2v) is 3.65. The first-order valence-corrected chi connectivity index (χ1v) is 5.77. The number of aromatic nitrogens is 2. The molecule has 0 aliphatic carbocycles. The van der Waals surface area contributed by atoms with Crippen LogP contribution in [0.5, 0.6) is 0 Å². The largest absolute Gasteiger partial charge is 0.461 e. The van der Waals surface area contributed by atoms with Gasteiger partial charge in [0.1, 0.15) is 18.2 Å². The summed E-state index contributed by atoms with van der Waals surface area (Å²) in [5.74, 6) is -0.105. The van der Waals surface area contributed by atoms with Crippen LogP contribution in [0, 0.1) is 6.92 Å². The van der Waals surface area contributed by atoms with Gasteiger partial charge < -0.3 is 20.4 Å². The Bertz CT molecular complexity index is 453. The second kappa shape index (κ2) is 6.04. The van der Waals surface area contributed by atoms with Crippen molar-refractivity contribution in [2.24, 2.45) is 0 Å². The number of rotatable bonds is 5. The molecule has 0 radical (unpaired) electrons. The van der Waals surface area contributed by atoms with Gasteiger partial charge in [-0.1, -0.05) is 0 Å². The van der Waals surface area contributed by atoms with Gasteiger partial charge in [-0.05, 0) is 20.8 Å². The van der Waals surface area contributed by atoms with E-state index in [9.17, 15) is 9.59 Å². The minimum atomic E-state index is -0.576. The van der Waals surface area contributed by atoms with Crippen LogP contribution in [0.1, 0.15) is 30.2 Å². The first-order valence-electron chi connectivity index (χ1n) is 5.77. The summed E-state index contributed by atoms with van der Waals surface area (Å²) >= 11 is 0. The van der Waals surface area contributed by atoms with Gasteiger partial charge in [0.05, 0.1) is 6.61 Å². The summed E-state index contributed by atoms with van der Waals surface area (Å²) in [6, 6.07) is 0. The molecule has 0 aliphatic heterocycles. The third kappa shape index (κ3) is 2.99. The molecule has 0 fully saturated rings. The number of hydrogen-bond donors (Lipinski definition) is 2. The van der Waals surface area contributed by atoms with Crippen molar-refractivity contribution in [3.05, 3.63) is 11.5 Å². The van der Waals surface area contributed by atoms with Gasteiger partial charge in [-0.15, -0.1) is 0 Å². The molecule has 7 nitrogen and oxygen atoms in total. The number of likely N-dealkylation sites (N-methyl/N-ethyl adjacent to an activating group) is 1. The molecule has 1 aromatic rings. The van der Waals surface area contributed by atoms with Crippen molar-refractivity contribution in [3.8, 4) is 0 Å². The summed E-state index contributed by atoms with van der Waals surface area (Å²) in [7, 11) is 0. The maximum Gasteiger partial charge on any atom is 0.360 e. The molecule has 1 heterocycles. The third-order valence-electron chi connectivity index (χ3n) is 2.34. The van der Waals surface area contributed by atoms with Crippen molar-refractivity contribution < 1.29 is 14.3 Å². The molecular weight excluding hydrogens is 236 g/mol. The fourth-order valence-corrected chi connectivity index (χ4v) is 1.53. The van der Waals surface area contributed by atoms with Crippen molar-refractivity contribution in [2.75, 3.05) is 18.9 Å². The highest BCUT2D eigenvalue weighted by Gasteiger charge is 2.20. The summed E-state index contributed by atoms with van der Waals surface area (Å²) in [5.41, 5.74) is 5.85. The van der Waals surface area contributed by atoms with Crippen molar-refractivity contribution in [1.82, 2.24) is 14.9 Å². The highest BCUT2D eigenvalue weighted by molar-refractivity contribution is 5.92. The Kier molecular flexibility index (Phi) is 4.70. The molecule has 0 unspecified atom stereocenters. The van der Waals surface area contributed by atoms with Gasteiger partial charge in [-0.3, -0.25) is 4.79 Å². The van der Waals surface area contributed by atoms with E-state index in [2.05, 4.69) is 10.3 Å². The lowest BCUT2D eigenvalue weighted by atomic mass is 10.4. The number of carbonyl (C=O) groups excluding carboxylic acids is 2. The number of esters is 1. The fourth-order valence-electron chi connectivity index (χ4n) is 1.53. The lowest BCUT2D eigenvalue weighted by molar-refractivity contribution is -0.121. The van der Waals surface area contributed by atoms with Crippen LogP contribution in [-0.4, -0.2) is 34.6 Å². The second-order valence-electron chi connectivity index (χ2n) is 3.65. The predicted octanol–water partition coefficient (Wildman–Crippen LogP) is 0.0865. The number of anilines is 1. The van der Waals surface area contributed by atoms with Crippen molar-refractivity contribution in [3.63, 3.8) is 0 Å². The van der Waals surface area contributed by atoms with Gasteiger partial charge in [-0.25, -0.2) is 9.78 Å². The predicted molar refractivity (Wildman–Crippen MR) is 66.0 cm³/mol. The number of ether oxygens (including phenoxy) is 1. The molecule has 0 bridgehead atoms. The maximum absolute atomic E-state index is 11.6. The smallest absolute Gasteiger partial charge is 0.360 e. The quantitative estimate of drug-likeness (QED) is 0.725. The zero-order valence-electron chi connectivity index (χ0n) is 10.8. The standard InChI is InChI=1S/C11H18N4O3/c1-4-13-8(16)6-15-7(3)14-9(10(15)12)11(17)18-5-2/h4-6,12H2,1-3H3,(H,13,16). The van der Waals surface area contributed by atoms with Crippen LogP contribution in [0.15, 0.2) is 0 Å². The number of imidazole rings is 1. The lowest BCUT2D eigenvalue weighted by Gasteiger charge is -2.07. The van der Waals surface area contributed by atoms with E-state index >= 15 is 0 Å². The Hall–Kier alpha value is -2.05. The molecular formula is C11H18N4O3. The van der Waals surface area contributed by atoms with Crippen molar-refractivity contribution in [1.29, 1.82) is 0 Å². The number of carbonyl (C=O) groups is 2. The molecule has 1 aromatic heterocycles. The number of hydrogen-bond acceptors (Lipinski definition) is 5. The first kappa shape index (κ1) is 14.0. The number of nitrogens with two attached hydrogens (primary N) is 1. The molecule has 1 rings (SSSR count). The van der Waals surface area contributed by atoms with E-state index in [-0.39, 0.29) is 30.6 Å². The zero-order chi connectivity index (χ0) is 13.7. The van der Waals surface area contributed by atoms with Crippen LogP contribution < -0.4 is 11.1 Å². The van der Waals surface area contributed by atoms with E-state index in [0.717, 1.165) is 0 Å². The highest BCUT2D eigenvalue weighted by Crippen LogP contribution is 2.15. The van der Waals surface area contributed by atoms with E-state index in [4.69, 9.17) is 10.5 Å². The average Bonchev–Trinajstić information content (AvgIpc) is 2.58. The molecule has 3 N–H and O–H groups in total. The SMILES string of the molecule is CCNC(=O)Cn1c(C)nc(C(=O)OCC)c1N. The van der Waals surface area contributed by atoms with Crippen LogP contribution in [0.25, 0.3) is 0 Å². The van der Waals surface area contributed by atoms with E-state index in [1.165, 1.54) is 4.57 Å². The number of nitrogens with one attached hydrogen (secondary N) is 1. The number of amides is 1. The monoisotopic (exact) mass is 254 g/mol. The Balaban J connectivity index is 2.94. The topological polar surface area (TPSA) is 99.2 Å². The molecule has 0 spiro atoms. The maximum atomic E-state index is 11.6. The van der Waals surface area contributed by atoms with Gasteiger partial charge in [0.25, 0.3) is 0 Å². The summed E-state index contributed by atoms with van der Waals surface area (Å²) in [5, 5.41) is 2.65. The molecule has 0 aliphatic rings. The van der Waals surface area contributed by atoms with Crippen LogP contribution in [0.2, 0.25) is 0 Å². The molecule has 0 aromatic carbocycles. The third-order valence-corrected chi connectivity index (χ3v) is 2.34. The van der Waals surface area contributed by atoms with Crippen LogP contribution >= 0.6 is 0 Å². The normalized spacial score (nSPS) is 10.2. The molecule has 0 saturated heterocycles. The Labute approximate surface area is 105 Å². The van der Waals surface area contributed by atoms with Gasteiger partial charge in [0.15, 0.2) is 5.69 Å². The van der Waals surface area contributed by atoms with E-state index < -0.39 is 5.97 Å². The Morgan fingerprint density at radius 1 is 1.44 bits per heavy atom. The summed E-state index contributed by atoms with van der Waals surface area (Å²) < 4.78 is 6.32. The fraction of sp³-hybridized carbons (Fsp3) is 0.545. The number of nitrogens with zero attached hydrogens (tertiary/aromatic N) is 2. The van der Waals surface area contributed by atoms with Crippen molar-refractivity contribution >= 4 is 17.7 Å². The van der Waals surface area contributed by atoms with Crippen molar-refractivity contribution in [2.45, 2.75) is 27.3 Å². The number of nitrogen functional groups attached to an aromatic ring is 1. The highest BCUT2D eigenvalue weighted by atomic mass is 16.5. The van der Waals surface area contributed by atoms with Gasteiger partial charge in [-0.2, -0.15) is 0 Å². The van der Waals surface area contributed by atoms with Crippen LogP contribution in [0.4, 0.5) is 5.82 Å². The van der Waals surface area contributed by atoms with Gasteiger partial charge in [0.2, 0.25) is 5.91 Å². The van der Waals surface area contributed by atoms with Gasteiger partial charge >= 0.3 is 5.97 Å². The van der Waals surface area contributed by atoms with E-state index in [1.807, 2.05) is 6.92 Å². The molecule has 18 heavy (non-hydrogen) atoms. The minimum absolute atomic E-state index is 0.0396. The summed E-state index contributed by atoms with van der Waals surface area (Å²) in [4.78, 5) is 27.1. The van der Waals surface area contributed by atoms with Crippen LogP contribution in [0.3, 0.4) is 0 Å². The minimum Gasteiger partial charge on any atom is -0.461 e. The van der Waals surface area contributed by atoms with E-state index in [1.54, 1.807) is 13.8 Å². The average molecular weight is 254 g/mol. The van der Waals surface area contributed by atoms with Gasteiger partial charge in [0, 0.05) is 6.54 Å².